The summed E-state index contributed by atoms with van der Waals surface area (Å²) < 4.78 is 26.3. The predicted octanol–water partition coefficient (Wildman–Crippen LogP) is 0.848. The third-order valence-corrected chi connectivity index (χ3v) is 4.45. The molecule has 0 unspecified atom stereocenters. The first-order valence-corrected chi connectivity index (χ1v) is 7.35. The minimum absolute atomic E-state index is 0.177. The average molecular weight is 234 g/mol. The van der Waals surface area contributed by atoms with Crippen molar-refractivity contribution in [3.05, 3.63) is 0 Å². The van der Waals surface area contributed by atoms with E-state index < -0.39 is 10.0 Å². The van der Waals surface area contributed by atoms with E-state index in [4.69, 9.17) is 0 Å². The molecule has 0 aliphatic heterocycles. The molecule has 0 saturated heterocycles. The molecule has 2 N–H and O–H groups in total. The molecule has 1 fully saturated rings. The zero-order chi connectivity index (χ0) is 11.4. The van der Waals surface area contributed by atoms with Crippen molar-refractivity contribution in [3.63, 3.8) is 0 Å². The van der Waals surface area contributed by atoms with Gasteiger partial charge in [0.25, 0.3) is 0 Å². The van der Waals surface area contributed by atoms with Gasteiger partial charge in [-0.05, 0) is 26.3 Å². The SMILES string of the molecule is CCNCCS(=O)(=O)NC1(C)CCCC1. The molecule has 0 aromatic heterocycles. The summed E-state index contributed by atoms with van der Waals surface area (Å²) >= 11 is 0. The molecule has 15 heavy (non-hydrogen) atoms. The standard InChI is InChI=1S/C10H22N2O2S/c1-3-11-8-9-15(13,14)12-10(2)6-4-5-7-10/h11-12H,3-9H2,1-2H3. The lowest BCUT2D eigenvalue weighted by molar-refractivity contribution is 0.427. The van der Waals surface area contributed by atoms with Crippen LogP contribution in [0.25, 0.3) is 0 Å². The molecular formula is C10H22N2O2S. The minimum Gasteiger partial charge on any atom is -0.316 e. The van der Waals surface area contributed by atoms with E-state index in [1.54, 1.807) is 0 Å². The Morgan fingerprint density at radius 1 is 1.27 bits per heavy atom. The highest BCUT2D eigenvalue weighted by atomic mass is 32.2. The van der Waals surface area contributed by atoms with Crippen molar-refractivity contribution in [3.8, 4) is 0 Å². The summed E-state index contributed by atoms with van der Waals surface area (Å²) in [6, 6.07) is 0. The van der Waals surface area contributed by atoms with Crippen LogP contribution in [0.4, 0.5) is 0 Å². The molecule has 0 heterocycles. The summed E-state index contributed by atoms with van der Waals surface area (Å²) in [7, 11) is -3.11. The van der Waals surface area contributed by atoms with Crippen LogP contribution in [0.5, 0.6) is 0 Å². The van der Waals surface area contributed by atoms with Gasteiger partial charge in [0.2, 0.25) is 10.0 Å². The van der Waals surface area contributed by atoms with Crippen molar-refractivity contribution >= 4 is 10.0 Å². The molecule has 0 atom stereocenters. The Morgan fingerprint density at radius 2 is 1.87 bits per heavy atom. The zero-order valence-corrected chi connectivity index (χ0v) is 10.5. The molecule has 0 aromatic carbocycles. The number of sulfonamides is 1. The van der Waals surface area contributed by atoms with Gasteiger partial charge < -0.3 is 5.32 Å². The van der Waals surface area contributed by atoms with Crippen molar-refractivity contribution in [2.24, 2.45) is 0 Å². The summed E-state index contributed by atoms with van der Waals surface area (Å²) in [5.41, 5.74) is -0.189. The Kier molecular flexibility index (Phi) is 4.55. The first-order valence-electron chi connectivity index (χ1n) is 5.70. The van der Waals surface area contributed by atoms with E-state index in [0.717, 1.165) is 32.2 Å². The van der Waals surface area contributed by atoms with Gasteiger partial charge in [0.15, 0.2) is 0 Å². The number of nitrogens with one attached hydrogen (secondary N) is 2. The highest BCUT2D eigenvalue weighted by Crippen LogP contribution is 2.29. The van der Waals surface area contributed by atoms with Gasteiger partial charge in [-0.25, -0.2) is 13.1 Å². The topological polar surface area (TPSA) is 58.2 Å². The monoisotopic (exact) mass is 234 g/mol. The second-order valence-electron chi connectivity index (χ2n) is 4.54. The van der Waals surface area contributed by atoms with Crippen LogP contribution >= 0.6 is 0 Å². The summed E-state index contributed by atoms with van der Waals surface area (Å²) in [5, 5.41) is 3.02. The largest absolute Gasteiger partial charge is 0.316 e. The average Bonchev–Trinajstić information content (AvgIpc) is 2.50. The summed E-state index contributed by atoms with van der Waals surface area (Å²) in [6.07, 6.45) is 4.19. The maximum absolute atomic E-state index is 11.7. The van der Waals surface area contributed by atoms with Gasteiger partial charge in [-0.3, -0.25) is 0 Å². The molecule has 1 aliphatic carbocycles. The molecule has 1 aliphatic rings. The normalized spacial score (nSPS) is 20.7. The molecule has 0 amide bonds. The first kappa shape index (κ1) is 12.9. The minimum atomic E-state index is -3.11. The van der Waals surface area contributed by atoms with Gasteiger partial charge in [-0.15, -0.1) is 0 Å². The molecule has 0 spiro atoms. The van der Waals surface area contributed by atoms with E-state index >= 15 is 0 Å². The second-order valence-corrected chi connectivity index (χ2v) is 6.38. The van der Waals surface area contributed by atoms with Gasteiger partial charge in [-0.1, -0.05) is 19.8 Å². The molecule has 4 nitrogen and oxygen atoms in total. The quantitative estimate of drug-likeness (QED) is 0.670. The molecule has 5 heteroatoms. The molecule has 1 rings (SSSR count). The van der Waals surface area contributed by atoms with Crippen LogP contribution in [-0.4, -0.2) is 32.8 Å². The predicted molar refractivity (Wildman–Crippen MR) is 62.3 cm³/mol. The van der Waals surface area contributed by atoms with Gasteiger partial charge >= 0.3 is 0 Å². The lowest BCUT2D eigenvalue weighted by atomic mass is 10.0. The highest BCUT2D eigenvalue weighted by molar-refractivity contribution is 7.89. The number of rotatable bonds is 6. The highest BCUT2D eigenvalue weighted by Gasteiger charge is 2.32. The van der Waals surface area contributed by atoms with Crippen LogP contribution in [-0.2, 0) is 10.0 Å². The van der Waals surface area contributed by atoms with Crippen LogP contribution in [0.3, 0.4) is 0 Å². The van der Waals surface area contributed by atoms with Gasteiger partial charge in [0.1, 0.15) is 0 Å². The van der Waals surface area contributed by atoms with E-state index in [-0.39, 0.29) is 11.3 Å². The first-order chi connectivity index (χ1) is 6.97. The second kappa shape index (κ2) is 5.27. The van der Waals surface area contributed by atoms with Crippen LogP contribution in [0, 0.1) is 0 Å². The van der Waals surface area contributed by atoms with Crippen molar-refractivity contribution in [1.82, 2.24) is 10.0 Å². The smallest absolute Gasteiger partial charge is 0.213 e. The Morgan fingerprint density at radius 3 is 2.40 bits per heavy atom. The van der Waals surface area contributed by atoms with E-state index in [1.807, 2.05) is 13.8 Å². The molecule has 0 radical (unpaired) electrons. The summed E-state index contributed by atoms with van der Waals surface area (Å²) in [6.45, 7) is 5.32. The van der Waals surface area contributed by atoms with Crippen molar-refractivity contribution in [1.29, 1.82) is 0 Å². The van der Waals surface area contributed by atoms with Gasteiger partial charge in [0, 0.05) is 12.1 Å². The Hall–Kier alpha value is -0.130. The molecule has 90 valence electrons. The van der Waals surface area contributed by atoms with E-state index in [0.29, 0.717) is 6.54 Å². The Balaban J connectivity index is 2.41. The fourth-order valence-corrected chi connectivity index (χ4v) is 3.54. The van der Waals surface area contributed by atoms with Crippen LogP contribution in [0.1, 0.15) is 39.5 Å². The summed E-state index contributed by atoms with van der Waals surface area (Å²) in [4.78, 5) is 0. The zero-order valence-electron chi connectivity index (χ0n) is 9.67. The van der Waals surface area contributed by atoms with Gasteiger partial charge in [0.05, 0.1) is 5.75 Å². The molecule has 0 bridgehead atoms. The number of hydrogen-bond donors (Lipinski definition) is 2. The van der Waals surface area contributed by atoms with Crippen LogP contribution < -0.4 is 10.0 Å². The van der Waals surface area contributed by atoms with Crippen molar-refractivity contribution < 1.29 is 8.42 Å². The number of hydrogen-bond acceptors (Lipinski definition) is 3. The third-order valence-electron chi connectivity index (χ3n) is 2.91. The summed E-state index contributed by atoms with van der Waals surface area (Å²) in [5.74, 6) is 0.177. The third kappa shape index (κ3) is 4.49. The lowest BCUT2D eigenvalue weighted by Gasteiger charge is -2.24. The van der Waals surface area contributed by atoms with Gasteiger partial charge in [-0.2, -0.15) is 0 Å². The molecule has 0 aromatic rings. The van der Waals surface area contributed by atoms with Crippen LogP contribution in [0.15, 0.2) is 0 Å². The lowest BCUT2D eigenvalue weighted by Crippen LogP contribution is -2.45. The Bertz CT molecular complexity index is 282. The fourth-order valence-electron chi connectivity index (χ4n) is 2.07. The Labute approximate surface area is 92.9 Å². The van der Waals surface area contributed by atoms with E-state index in [1.165, 1.54) is 0 Å². The maximum Gasteiger partial charge on any atom is 0.213 e. The molecular weight excluding hydrogens is 212 g/mol. The van der Waals surface area contributed by atoms with E-state index in [2.05, 4.69) is 10.0 Å². The van der Waals surface area contributed by atoms with Crippen LogP contribution in [0.2, 0.25) is 0 Å². The maximum atomic E-state index is 11.7. The van der Waals surface area contributed by atoms with Crippen molar-refractivity contribution in [2.75, 3.05) is 18.8 Å². The van der Waals surface area contributed by atoms with E-state index in [9.17, 15) is 8.42 Å². The fraction of sp³-hybridized carbons (Fsp3) is 1.00. The molecule has 1 saturated carbocycles. The van der Waals surface area contributed by atoms with Crippen molar-refractivity contribution in [2.45, 2.75) is 45.1 Å².